The lowest BCUT2D eigenvalue weighted by Gasteiger charge is -2.37. The number of hydrogen-bond donors (Lipinski definition) is 1. The highest BCUT2D eigenvalue weighted by Crippen LogP contribution is 2.22. The lowest BCUT2D eigenvalue weighted by Crippen LogP contribution is -2.50. The van der Waals surface area contributed by atoms with Gasteiger partial charge in [-0.15, -0.1) is 0 Å². The van der Waals surface area contributed by atoms with Crippen molar-refractivity contribution >= 4 is 8.32 Å². The zero-order valence-electron chi connectivity index (χ0n) is 11.6. The first-order valence-corrected chi connectivity index (χ1v) is 9.46. The first-order chi connectivity index (χ1) is 7.89. The average molecular weight is 266 g/mol. The molecule has 0 saturated carbocycles. The second-order valence-corrected chi connectivity index (χ2v) is 8.97. The van der Waals surface area contributed by atoms with Crippen LogP contribution in [-0.4, -0.2) is 52.4 Å². The van der Waals surface area contributed by atoms with Crippen LogP contribution < -0.4 is 0 Å². The molecule has 0 amide bonds. The molecular formula is C11H26O5Si. The Balaban J connectivity index is 4.59. The van der Waals surface area contributed by atoms with Crippen molar-refractivity contribution in [1.82, 2.24) is 0 Å². The van der Waals surface area contributed by atoms with Crippen LogP contribution in [0, 0.1) is 0 Å². The number of aliphatic hydroxyl groups excluding tert-OH is 1. The summed E-state index contributed by atoms with van der Waals surface area (Å²) in [5.74, 6) is -1.14. The Morgan fingerprint density at radius 1 is 1.06 bits per heavy atom. The molecule has 0 heterocycles. The van der Waals surface area contributed by atoms with Crippen molar-refractivity contribution in [2.75, 3.05) is 33.0 Å². The highest BCUT2D eigenvalue weighted by molar-refractivity contribution is 6.69. The summed E-state index contributed by atoms with van der Waals surface area (Å²) in [6.45, 7) is 11.3. The Morgan fingerprint density at radius 3 is 1.94 bits per heavy atom. The zero-order chi connectivity index (χ0) is 13.4. The maximum Gasteiger partial charge on any atom is 0.298 e. The Labute approximate surface area is 105 Å². The fourth-order valence-corrected chi connectivity index (χ4v) is 2.49. The van der Waals surface area contributed by atoms with Crippen molar-refractivity contribution in [3.05, 3.63) is 0 Å². The van der Waals surface area contributed by atoms with Gasteiger partial charge in [-0.2, -0.15) is 0 Å². The van der Waals surface area contributed by atoms with Gasteiger partial charge < -0.3 is 23.7 Å². The maximum atomic E-state index is 8.72. The molecule has 17 heavy (non-hydrogen) atoms. The normalized spacial score (nSPS) is 13.1. The summed E-state index contributed by atoms with van der Waals surface area (Å²) in [4.78, 5) is 0. The predicted octanol–water partition coefficient (Wildman–Crippen LogP) is 1.57. The van der Waals surface area contributed by atoms with E-state index in [2.05, 4.69) is 19.6 Å². The fourth-order valence-electron chi connectivity index (χ4n) is 1.38. The second-order valence-electron chi connectivity index (χ2n) is 4.54. The Kier molecular flexibility index (Phi) is 8.19. The second kappa shape index (κ2) is 8.18. The molecule has 0 aromatic carbocycles. The van der Waals surface area contributed by atoms with E-state index in [0.29, 0.717) is 13.2 Å². The zero-order valence-corrected chi connectivity index (χ0v) is 12.6. The monoisotopic (exact) mass is 266 g/mol. The molecule has 0 radical (unpaired) electrons. The molecule has 6 heteroatoms. The van der Waals surface area contributed by atoms with Crippen LogP contribution in [0.25, 0.3) is 0 Å². The van der Waals surface area contributed by atoms with E-state index in [1.807, 2.05) is 13.8 Å². The van der Waals surface area contributed by atoms with Gasteiger partial charge in [-0.3, -0.25) is 0 Å². The molecule has 0 aromatic heterocycles. The van der Waals surface area contributed by atoms with Crippen molar-refractivity contribution in [2.24, 2.45) is 0 Å². The molecular weight excluding hydrogens is 240 g/mol. The number of ether oxygens (including phenoxy) is 3. The highest BCUT2D eigenvalue weighted by atomic mass is 28.4. The molecule has 0 unspecified atom stereocenters. The largest absolute Gasteiger partial charge is 0.394 e. The molecule has 0 bridgehead atoms. The van der Waals surface area contributed by atoms with Gasteiger partial charge in [0.2, 0.25) is 0 Å². The maximum absolute atomic E-state index is 8.72. The summed E-state index contributed by atoms with van der Waals surface area (Å²) < 4.78 is 22.4. The van der Waals surface area contributed by atoms with E-state index in [1.165, 1.54) is 0 Å². The molecule has 0 aliphatic rings. The first-order valence-electron chi connectivity index (χ1n) is 6.06. The molecule has 0 atom stereocenters. The number of aliphatic hydroxyl groups is 1. The molecule has 0 fully saturated rings. The van der Waals surface area contributed by atoms with Gasteiger partial charge in [0, 0.05) is 13.2 Å². The van der Waals surface area contributed by atoms with E-state index in [1.54, 1.807) is 0 Å². The Bertz CT molecular complexity index is 187. The van der Waals surface area contributed by atoms with Crippen molar-refractivity contribution in [1.29, 1.82) is 0 Å². The topological polar surface area (TPSA) is 57.2 Å². The SMILES string of the molecule is CCOC(COCCO)(OCC)O[Si](C)(C)C. The van der Waals surface area contributed by atoms with Crippen molar-refractivity contribution in [3.63, 3.8) is 0 Å². The summed E-state index contributed by atoms with van der Waals surface area (Å²) in [6, 6.07) is 0. The standard InChI is InChI=1S/C11H26O5Si/c1-6-14-11(15-7-2,10-13-9-8-12)16-17(3,4)5/h12H,6-10H2,1-5H3. The number of hydrogen-bond acceptors (Lipinski definition) is 5. The predicted molar refractivity (Wildman–Crippen MR) is 68.3 cm³/mol. The molecule has 0 aliphatic carbocycles. The summed E-state index contributed by atoms with van der Waals surface area (Å²) in [5.41, 5.74) is 0. The van der Waals surface area contributed by atoms with Gasteiger partial charge in [-0.05, 0) is 33.5 Å². The third kappa shape index (κ3) is 7.85. The molecule has 1 N–H and O–H groups in total. The van der Waals surface area contributed by atoms with Gasteiger partial charge in [0.25, 0.3) is 5.97 Å². The van der Waals surface area contributed by atoms with E-state index in [9.17, 15) is 0 Å². The minimum atomic E-state index is -1.82. The minimum Gasteiger partial charge on any atom is -0.394 e. The fraction of sp³-hybridized carbons (Fsp3) is 1.00. The van der Waals surface area contributed by atoms with Crippen molar-refractivity contribution in [2.45, 2.75) is 39.5 Å². The lowest BCUT2D eigenvalue weighted by molar-refractivity contribution is -0.362. The summed E-state index contributed by atoms with van der Waals surface area (Å²) >= 11 is 0. The average Bonchev–Trinajstić information content (AvgIpc) is 2.16. The third-order valence-corrected chi connectivity index (χ3v) is 2.63. The van der Waals surface area contributed by atoms with E-state index in [0.717, 1.165) is 0 Å². The first kappa shape index (κ1) is 17.0. The van der Waals surface area contributed by atoms with Gasteiger partial charge in [-0.1, -0.05) is 0 Å². The van der Waals surface area contributed by atoms with Crippen molar-refractivity contribution < 1.29 is 23.7 Å². The van der Waals surface area contributed by atoms with E-state index in [-0.39, 0.29) is 19.8 Å². The number of rotatable bonds is 10. The van der Waals surface area contributed by atoms with E-state index in [4.69, 9.17) is 23.7 Å². The van der Waals surface area contributed by atoms with Crippen LogP contribution in [0.4, 0.5) is 0 Å². The summed E-state index contributed by atoms with van der Waals surface area (Å²) in [5, 5.41) is 8.72. The highest BCUT2D eigenvalue weighted by Gasteiger charge is 2.38. The molecule has 0 aromatic rings. The molecule has 104 valence electrons. The van der Waals surface area contributed by atoms with Crippen LogP contribution in [0.5, 0.6) is 0 Å². The van der Waals surface area contributed by atoms with Crippen LogP contribution in [0.1, 0.15) is 13.8 Å². The van der Waals surface area contributed by atoms with E-state index < -0.39 is 14.3 Å². The van der Waals surface area contributed by atoms with Gasteiger partial charge in [0.05, 0.1) is 13.2 Å². The van der Waals surface area contributed by atoms with Gasteiger partial charge in [0.1, 0.15) is 6.61 Å². The molecule has 0 saturated heterocycles. The van der Waals surface area contributed by atoms with Gasteiger partial charge >= 0.3 is 0 Å². The molecule has 0 aliphatic heterocycles. The summed E-state index contributed by atoms with van der Waals surface area (Å²) in [7, 11) is -1.82. The van der Waals surface area contributed by atoms with Crippen LogP contribution >= 0.6 is 0 Å². The van der Waals surface area contributed by atoms with Gasteiger partial charge in [0.15, 0.2) is 8.32 Å². The van der Waals surface area contributed by atoms with Crippen LogP contribution in [0.2, 0.25) is 19.6 Å². The quantitative estimate of drug-likeness (QED) is 0.369. The van der Waals surface area contributed by atoms with Gasteiger partial charge in [-0.25, -0.2) is 0 Å². The van der Waals surface area contributed by atoms with Crippen molar-refractivity contribution in [3.8, 4) is 0 Å². The van der Waals surface area contributed by atoms with Crippen LogP contribution in [-0.2, 0) is 18.6 Å². The summed E-state index contributed by atoms with van der Waals surface area (Å²) in [6.07, 6.45) is 0. The molecule has 0 spiro atoms. The van der Waals surface area contributed by atoms with Crippen LogP contribution in [0.15, 0.2) is 0 Å². The lowest BCUT2D eigenvalue weighted by atomic mass is 10.5. The Morgan fingerprint density at radius 2 is 1.59 bits per heavy atom. The third-order valence-electron chi connectivity index (χ3n) is 1.70. The smallest absolute Gasteiger partial charge is 0.298 e. The Hall–Kier alpha value is 0.0169. The minimum absolute atomic E-state index is 0.0265. The molecule has 0 rings (SSSR count). The molecule has 5 nitrogen and oxygen atoms in total. The van der Waals surface area contributed by atoms with E-state index >= 15 is 0 Å². The van der Waals surface area contributed by atoms with Crippen LogP contribution in [0.3, 0.4) is 0 Å².